The molecule has 1 saturated heterocycles. The Kier molecular flexibility index (Phi) is 5.19. The molecule has 0 N–H and O–H groups in total. The second-order valence-corrected chi connectivity index (χ2v) is 7.84. The van der Waals surface area contributed by atoms with Crippen LogP contribution < -0.4 is 5.56 Å². The first-order valence-corrected chi connectivity index (χ1v) is 10.2. The maximum absolute atomic E-state index is 14.2. The Morgan fingerprint density at radius 1 is 1.07 bits per heavy atom. The van der Waals surface area contributed by atoms with Gasteiger partial charge in [-0.2, -0.15) is 0 Å². The second kappa shape index (κ2) is 7.79. The van der Waals surface area contributed by atoms with Gasteiger partial charge in [-0.05, 0) is 36.8 Å². The highest BCUT2D eigenvalue weighted by Crippen LogP contribution is 2.23. The monoisotopic (exact) mass is 411 g/mol. The van der Waals surface area contributed by atoms with Gasteiger partial charge >= 0.3 is 0 Å². The number of halogens is 1. The average Bonchev–Trinajstić information content (AvgIpc) is 3.03. The molecule has 29 heavy (non-hydrogen) atoms. The van der Waals surface area contributed by atoms with Gasteiger partial charge in [0.15, 0.2) is 5.16 Å². The number of hydrogen-bond acceptors (Lipinski definition) is 5. The van der Waals surface area contributed by atoms with E-state index >= 15 is 0 Å². The highest BCUT2D eigenvalue weighted by Gasteiger charge is 2.28. The number of aryl methyl sites for hydroxylation is 1. The molecule has 3 aromatic rings. The molecule has 1 aliphatic rings. The maximum atomic E-state index is 14.2. The van der Waals surface area contributed by atoms with E-state index in [2.05, 4.69) is 4.98 Å². The van der Waals surface area contributed by atoms with E-state index in [0.29, 0.717) is 33.1 Å². The fourth-order valence-electron chi connectivity index (χ4n) is 3.26. The Hall–Kier alpha value is -3.00. The molecule has 8 heteroatoms. The summed E-state index contributed by atoms with van der Waals surface area (Å²) >= 11 is 1.26. The standard InChI is InChI=1S/C21H18FN3O3S/c1-13-6-7-14(12-16(13)22)25-20(28)15-4-2-3-5-17(15)23-21(25)29-11-10-24-18(26)8-9-19(24)27/h2-7,12H,8-11H2,1H3. The first-order chi connectivity index (χ1) is 14.0. The van der Waals surface area contributed by atoms with Crippen LogP contribution in [0.25, 0.3) is 16.6 Å². The predicted octanol–water partition coefficient (Wildman–Crippen LogP) is 3.07. The molecule has 4 rings (SSSR count). The van der Waals surface area contributed by atoms with Crippen molar-refractivity contribution in [3.8, 4) is 5.69 Å². The van der Waals surface area contributed by atoms with E-state index in [4.69, 9.17) is 0 Å². The van der Waals surface area contributed by atoms with Gasteiger partial charge in [0.2, 0.25) is 11.8 Å². The summed E-state index contributed by atoms with van der Waals surface area (Å²) in [7, 11) is 0. The van der Waals surface area contributed by atoms with Crippen molar-refractivity contribution in [1.29, 1.82) is 0 Å². The van der Waals surface area contributed by atoms with Gasteiger partial charge in [-0.25, -0.2) is 9.37 Å². The summed E-state index contributed by atoms with van der Waals surface area (Å²) in [4.78, 5) is 42.6. The molecular weight excluding hydrogens is 393 g/mol. The molecule has 148 valence electrons. The number of amides is 2. The molecule has 0 saturated carbocycles. The molecule has 2 amide bonds. The van der Waals surface area contributed by atoms with Crippen molar-refractivity contribution < 1.29 is 14.0 Å². The summed E-state index contributed by atoms with van der Waals surface area (Å²) in [5.74, 6) is -0.386. The van der Waals surface area contributed by atoms with Gasteiger partial charge in [0.05, 0.1) is 16.6 Å². The van der Waals surface area contributed by atoms with E-state index in [1.807, 2.05) is 0 Å². The molecule has 2 heterocycles. The topological polar surface area (TPSA) is 72.3 Å². The molecule has 1 aliphatic heterocycles. The first-order valence-electron chi connectivity index (χ1n) is 9.20. The number of carbonyl (C=O) groups is 2. The Morgan fingerprint density at radius 3 is 2.52 bits per heavy atom. The van der Waals surface area contributed by atoms with Crippen LogP contribution in [0.15, 0.2) is 52.4 Å². The van der Waals surface area contributed by atoms with E-state index in [1.54, 1.807) is 43.3 Å². The zero-order valence-corrected chi connectivity index (χ0v) is 16.5. The van der Waals surface area contributed by atoms with Crippen LogP contribution in [0.2, 0.25) is 0 Å². The number of likely N-dealkylation sites (tertiary alicyclic amines) is 1. The number of hydrogen-bond donors (Lipinski definition) is 0. The Balaban J connectivity index is 1.73. The molecule has 0 spiro atoms. The van der Waals surface area contributed by atoms with Gasteiger partial charge in [0.25, 0.3) is 5.56 Å². The van der Waals surface area contributed by atoms with Gasteiger partial charge in [0, 0.05) is 25.1 Å². The van der Waals surface area contributed by atoms with Crippen LogP contribution in [0.4, 0.5) is 4.39 Å². The number of benzene rings is 2. The maximum Gasteiger partial charge on any atom is 0.266 e. The Morgan fingerprint density at radius 2 is 1.79 bits per heavy atom. The molecule has 2 aromatic carbocycles. The molecule has 1 fully saturated rings. The lowest BCUT2D eigenvalue weighted by atomic mass is 10.2. The minimum Gasteiger partial charge on any atom is -0.282 e. The zero-order valence-electron chi connectivity index (χ0n) is 15.7. The van der Waals surface area contributed by atoms with Crippen LogP contribution in [0, 0.1) is 12.7 Å². The highest BCUT2D eigenvalue weighted by atomic mass is 32.2. The smallest absolute Gasteiger partial charge is 0.266 e. The van der Waals surface area contributed by atoms with Gasteiger partial charge < -0.3 is 0 Å². The fourth-order valence-corrected chi connectivity index (χ4v) is 4.19. The van der Waals surface area contributed by atoms with Crippen molar-refractivity contribution in [2.75, 3.05) is 12.3 Å². The van der Waals surface area contributed by atoms with Crippen LogP contribution in [0.5, 0.6) is 0 Å². The van der Waals surface area contributed by atoms with Crippen molar-refractivity contribution >= 4 is 34.5 Å². The number of carbonyl (C=O) groups excluding carboxylic acids is 2. The molecule has 1 aromatic heterocycles. The lowest BCUT2D eigenvalue weighted by Crippen LogP contribution is -2.31. The summed E-state index contributed by atoms with van der Waals surface area (Å²) in [5, 5.41) is 0.818. The van der Waals surface area contributed by atoms with Crippen LogP contribution in [-0.4, -0.2) is 38.6 Å². The van der Waals surface area contributed by atoms with Crippen molar-refractivity contribution in [2.45, 2.75) is 24.9 Å². The number of thioether (sulfide) groups is 1. The number of para-hydroxylation sites is 1. The third kappa shape index (κ3) is 3.67. The lowest BCUT2D eigenvalue weighted by Gasteiger charge is -2.16. The molecule has 6 nitrogen and oxygen atoms in total. The van der Waals surface area contributed by atoms with Crippen molar-refractivity contribution in [1.82, 2.24) is 14.5 Å². The first kappa shape index (κ1) is 19.3. The summed E-state index contributed by atoms with van der Waals surface area (Å²) in [6, 6.07) is 11.6. The van der Waals surface area contributed by atoms with Crippen LogP contribution in [0.1, 0.15) is 18.4 Å². The molecule has 0 atom stereocenters. The third-order valence-corrected chi connectivity index (χ3v) is 5.78. The summed E-state index contributed by atoms with van der Waals surface area (Å²) in [6.07, 6.45) is 0.482. The number of nitrogens with zero attached hydrogens (tertiary/aromatic N) is 3. The quantitative estimate of drug-likeness (QED) is 0.367. The molecular formula is C21H18FN3O3S. The second-order valence-electron chi connectivity index (χ2n) is 6.77. The highest BCUT2D eigenvalue weighted by molar-refractivity contribution is 7.99. The van der Waals surface area contributed by atoms with E-state index in [9.17, 15) is 18.8 Å². The molecule has 0 unspecified atom stereocenters. The lowest BCUT2D eigenvalue weighted by molar-refractivity contribution is -0.137. The average molecular weight is 411 g/mol. The van der Waals surface area contributed by atoms with Crippen molar-refractivity contribution in [2.24, 2.45) is 0 Å². The summed E-state index contributed by atoms with van der Waals surface area (Å²) in [6.45, 7) is 1.90. The Bertz CT molecular complexity index is 1180. The summed E-state index contributed by atoms with van der Waals surface area (Å²) < 4.78 is 15.5. The van der Waals surface area contributed by atoms with Crippen LogP contribution in [-0.2, 0) is 9.59 Å². The number of imide groups is 1. The number of fused-ring (bicyclic) bond motifs is 1. The normalized spacial score (nSPS) is 14.2. The molecule has 0 radical (unpaired) electrons. The largest absolute Gasteiger partial charge is 0.282 e. The van der Waals surface area contributed by atoms with E-state index in [-0.39, 0.29) is 36.8 Å². The van der Waals surface area contributed by atoms with E-state index in [0.717, 1.165) is 0 Å². The SMILES string of the molecule is Cc1ccc(-n2c(SCCN3C(=O)CCC3=O)nc3ccccc3c2=O)cc1F. The Labute approximate surface area is 170 Å². The number of rotatable bonds is 5. The molecule has 0 bridgehead atoms. The zero-order chi connectivity index (χ0) is 20.5. The number of aromatic nitrogens is 2. The van der Waals surface area contributed by atoms with E-state index in [1.165, 1.54) is 27.3 Å². The predicted molar refractivity (Wildman–Crippen MR) is 109 cm³/mol. The summed E-state index contributed by atoms with van der Waals surface area (Å²) in [5.41, 5.74) is 1.11. The van der Waals surface area contributed by atoms with Gasteiger partial charge in [-0.3, -0.25) is 23.9 Å². The van der Waals surface area contributed by atoms with Gasteiger partial charge in [-0.15, -0.1) is 0 Å². The van der Waals surface area contributed by atoms with E-state index < -0.39 is 5.82 Å². The van der Waals surface area contributed by atoms with Crippen molar-refractivity contribution in [3.05, 3.63) is 64.2 Å². The van der Waals surface area contributed by atoms with Crippen molar-refractivity contribution in [3.63, 3.8) is 0 Å². The van der Waals surface area contributed by atoms with Crippen LogP contribution in [0.3, 0.4) is 0 Å². The van der Waals surface area contributed by atoms with Gasteiger partial charge in [0.1, 0.15) is 5.82 Å². The van der Waals surface area contributed by atoms with Gasteiger partial charge in [-0.1, -0.05) is 30.0 Å². The molecule has 0 aliphatic carbocycles. The minimum atomic E-state index is -0.410. The third-order valence-electron chi connectivity index (χ3n) is 4.86. The van der Waals surface area contributed by atoms with Crippen LogP contribution >= 0.6 is 11.8 Å². The minimum absolute atomic E-state index is 0.180. The fraction of sp³-hybridized carbons (Fsp3) is 0.238.